The summed E-state index contributed by atoms with van der Waals surface area (Å²) in [6.07, 6.45) is 5.41. The van der Waals surface area contributed by atoms with Gasteiger partial charge >= 0.3 is 0 Å². The van der Waals surface area contributed by atoms with Crippen LogP contribution in [0.3, 0.4) is 0 Å². The quantitative estimate of drug-likeness (QED) is 0.718. The van der Waals surface area contributed by atoms with Crippen LogP contribution < -0.4 is 4.74 Å². The van der Waals surface area contributed by atoms with Crippen molar-refractivity contribution in [3.8, 4) is 17.0 Å². The molecule has 0 aliphatic rings. The topological polar surface area (TPSA) is 39.9 Å². The average molecular weight is 189 g/mol. The van der Waals surface area contributed by atoms with Gasteiger partial charge in [0.1, 0.15) is 5.75 Å². The second-order valence-electron chi connectivity index (χ2n) is 2.99. The molecular weight excluding hydrogens is 178 g/mol. The molecule has 2 rings (SSSR count). The lowest BCUT2D eigenvalue weighted by Gasteiger charge is -1.99. The fraction of sp³-hybridized carbons (Fsp3) is 0.200. The molecule has 14 heavy (non-hydrogen) atoms. The summed E-state index contributed by atoms with van der Waals surface area (Å²) < 4.78 is 6.78. The zero-order valence-electron chi connectivity index (χ0n) is 8.14. The zero-order valence-corrected chi connectivity index (χ0v) is 8.14. The van der Waals surface area contributed by atoms with Crippen LogP contribution >= 0.6 is 0 Å². The molecule has 0 atom stereocenters. The number of methoxy groups -OCH3 is 1. The normalized spacial score (nSPS) is 10.1. The SMILES string of the molecule is COc1ccc(-c2cnn(C)c2)nc1. The molecule has 0 unspecified atom stereocenters. The lowest BCUT2D eigenvalue weighted by molar-refractivity contribution is 0.413. The Balaban J connectivity index is 2.33. The van der Waals surface area contributed by atoms with E-state index in [1.165, 1.54) is 0 Å². The summed E-state index contributed by atoms with van der Waals surface area (Å²) in [5, 5.41) is 4.08. The van der Waals surface area contributed by atoms with Crippen molar-refractivity contribution in [2.45, 2.75) is 0 Å². The first-order valence-corrected chi connectivity index (χ1v) is 4.28. The third-order valence-electron chi connectivity index (χ3n) is 1.97. The van der Waals surface area contributed by atoms with Gasteiger partial charge in [0, 0.05) is 18.8 Å². The van der Waals surface area contributed by atoms with E-state index < -0.39 is 0 Å². The monoisotopic (exact) mass is 189 g/mol. The number of nitrogens with zero attached hydrogens (tertiary/aromatic N) is 3. The van der Waals surface area contributed by atoms with Gasteiger partial charge in [-0.3, -0.25) is 9.67 Å². The number of aromatic nitrogens is 3. The summed E-state index contributed by atoms with van der Waals surface area (Å²) in [5.41, 5.74) is 1.91. The molecule has 2 heterocycles. The van der Waals surface area contributed by atoms with Gasteiger partial charge in [0.15, 0.2) is 0 Å². The van der Waals surface area contributed by atoms with Crippen molar-refractivity contribution < 1.29 is 4.74 Å². The molecule has 0 aliphatic heterocycles. The molecule has 0 fully saturated rings. The summed E-state index contributed by atoms with van der Waals surface area (Å²) in [6, 6.07) is 3.80. The van der Waals surface area contributed by atoms with Gasteiger partial charge in [-0.1, -0.05) is 0 Å². The molecule has 0 saturated carbocycles. The summed E-state index contributed by atoms with van der Waals surface area (Å²) >= 11 is 0. The Morgan fingerprint density at radius 2 is 2.14 bits per heavy atom. The van der Waals surface area contributed by atoms with Gasteiger partial charge < -0.3 is 4.74 Å². The molecule has 0 aromatic carbocycles. The maximum atomic E-state index is 5.03. The van der Waals surface area contributed by atoms with E-state index in [-0.39, 0.29) is 0 Å². The fourth-order valence-electron chi connectivity index (χ4n) is 1.23. The van der Waals surface area contributed by atoms with Crippen LogP contribution in [0.5, 0.6) is 5.75 Å². The second-order valence-corrected chi connectivity index (χ2v) is 2.99. The molecule has 0 bridgehead atoms. The molecule has 0 N–H and O–H groups in total. The Hall–Kier alpha value is -1.84. The van der Waals surface area contributed by atoms with Gasteiger partial charge in [0.2, 0.25) is 0 Å². The average Bonchev–Trinajstić information content (AvgIpc) is 2.65. The first-order valence-electron chi connectivity index (χ1n) is 4.28. The smallest absolute Gasteiger partial charge is 0.137 e. The molecule has 0 saturated heterocycles. The number of hydrogen-bond acceptors (Lipinski definition) is 3. The van der Waals surface area contributed by atoms with Crippen molar-refractivity contribution in [2.24, 2.45) is 7.05 Å². The number of hydrogen-bond donors (Lipinski definition) is 0. The van der Waals surface area contributed by atoms with Crippen molar-refractivity contribution in [1.82, 2.24) is 14.8 Å². The summed E-state index contributed by atoms with van der Waals surface area (Å²) in [5.74, 6) is 0.762. The molecule has 2 aromatic rings. The van der Waals surface area contributed by atoms with Gasteiger partial charge in [-0.15, -0.1) is 0 Å². The van der Waals surface area contributed by atoms with E-state index in [4.69, 9.17) is 4.74 Å². The molecule has 72 valence electrons. The van der Waals surface area contributed by atoms with Crippen LogP contribution in [0.15, 0.2) is 30.7 Å². The van der Waals surface area contributed by atoms with Crippen molar-refractivity contribution in [3.05, 3.63) is 30.7 Å². The van der Waals surface area contributed by atoms with Crippen LogP contribution in [0.2, 0.25) is 0 Å². The number of ether oxygens (including phenoxy) is 1. The van der Waals surface area contributed by atoms with Crippen LogP contribution in [-0.4, -0.2) is 21.9 Å². The predicted molar refractivity (Wildman–Crippen MR) is 53.0 cm³/mol. The maximum Gasteiger partial charge on any atom is 0.137 e. The second kappa shape index (κ2) is 3.49. The van der Waals surface area contributed by atoms with E-state index >= 15 is 0 Å². The molecular formula is C10H11N3O. The maximum absolute atomic E-state index is 5.03. The lowest BCUT2D eigenvalue weighted by atomic mass is 10.2. The van der Waals surface area contributed by atoms with Gasteiger partial charge in [0.05, 0.1) is 25.2 Å². The first-order chi connectivity index (χ1) is 6.79. The molecule has 4 nitrogen and oxygen atoms in total. The van der Waals surface area contributed by atoms with Crippen molar-refractivity contribution in [2.75, 3.05) is 7.11 Å². The third-order valence-corrected chi connectivity index (χ3v) is 1.97. The molecule has 0 amide bonds. The minimum atomic E-state index is 0.762. The summed E-state index contributed by atoms with van der Waals surface area (Å²) in [4.78, 5) is 4.25. The highest BCUT2D eigenvalue weighted by Gasteiger charge is 2.01. The van der Waals surface area contributed by atoms with E-state index in [9.17, 15) is 0 Å². The van der Waals surface area contributed by atoms with E-state index in [2.05, 4.69) is 10.1 Å². The molecule has 0 spiro atoms. The number of pyridine rings is 1. The Morgan fingerprint density at radius 1 is 1.29 bits per heavy atom. The fourth-order valence-corrected chi connectivity index (χ4v) is 1.23. The molecule has 2 aromatic heterocycles. The molecule has 4 heteroatoms. The van der Waals surface area contributed by atoms with Crippen molar-refractivity contribution in [3.63, 3.8) is 0 Å². The lowest BCUT2D eigenvalue weighted by Crippen LogP contribution is -1.86. The van der Waals surface area contributed by atoms with Crippen molar-refractivity contribution in [1.29, 1.82) is 0 Å². The van der Waals surface area contributed by atoms with Crippen molar-refractivity contribution >= 4 is 0 Å². The van der Waals surface area contributed by atoms with Crippen LogP contribution in [0.1, 0.15) is 0 Å². The highest BCUT2D eigenvalue weighted by molar-refractivity contribution is 5.57. The standard InChI is InChI=1S/C10H11N3O/c1-13-7-8(5-12-13)10-4-3-9(14-2)6-11-10/h3-7H,1-2H3. The Bertz CT molecular complexity index is 419. The molecule has 0 aliphatic carbocycles. The Morgan fingerprint density at radius 3 is 2.64 bits per heavy atom. The highest BCUT2D eigenvalue weighted by Crippen LogP contribution is 2.17. The van der Waals surface area contributed by atoms with Gasteiger partial charge in [-0.05, 0) is 12.1 Å². The van der Waals surface area contributed by atoms with Crippen LogP contribution in [0, 0.1) is 0 Å². The van der Waals surface area contributed by atoms with Gasteiger partial charge in [0.25, 0.3) is 0 Å². The van der Waals surface area contributed by atoms with Gasteiger partial charge in [-0.25, -0.2) is 0 Å². The van der Waals surface area contributed by atoms with Crippen LogP contribution in [-0.2, 0) is 7.05 Å². The first kappa shape index (κ1) is 8.74. The van der Waals surface area contributed by atoms with E-state index in [0.29, 0.717) is 0 Å². The largest absolute Gasteiger partial charge is 0.495 e. The van der Waals surface area contributed by atoms with E-state index in [1.54, 1.807) is 24.2 Å². The number of aryl methyl sites for hydroxylation is 1. The summed E-state index contributed by atoms with van der Waals surface area (Å²) in [7, 11) is 3.51. The predicted octanol–water partition coefficient (Wildman–Crippen LogP) is 1.49. The van der Waals surface area contributed by atoms with E-state index in [1.807, 2.05) is 25.4 Å². The minimum Gasteiger partial charge on any atom is -0.495 e. The third kappa shape index (κ3) is 1.59. The molecule has 0 radical (unpaired) electrons. The minimum absolute atomic E-state index is 0.762. The zero-order chi connectivity index (χ0) is 9.97. The Kier molecular flexibility index (Phi) is 2.18. The van der Waals surface area contributed by atoms with Gasteiger partial charge in [-0.2, -0.15) is 5.10 Å². The highest BCUT2D eigenvalue weighted by atomic mass is 16.5. The summed E-state index contributed by atoms with van der Waals surface area (Å²) in [6.45, 7) is 0. The van der Waals surface area contributed by atoms with E-state index in [0.717, 1.165) is 17.0 Å². The Labute approximate surface area is 82.2 Å². The van der Waals surface area contributed by atoms with Crippen LogP contribution in [0.25, 0.3) is 11.3 Å². The van der Waals surface area contributed by atoms with Crippen LogP contribution in [0.4, 0.5) is 0 Å². The number of rotatable bonds is 2.